The number of benzene rings is 1. The largest absolute Gasteiger partial charge is 0.327 e. The third kappa shape index (κ3) is 2.85. The Balaban J connectivity index is 2.29. The summed E-state index contributed by atoms with van der Waals surface area (Å²) in [6.45, 7) is 4.14. The van der Waals surface area contributed by atoms with E-state index in [9.17, 15) is 0 Å². The predicted octanol–water partition coefficient (Wildman–Crippen LogP) is 3.04. The maximum absolute atomic E-state index is 5.99. The van der Waals surface area contributed by atoms with Crippen LogP contribution in [-0.2, 0) is 12.4 Å². The molecule has 0 aliphatic heterocycles. The lowest BCUT2D eigenvalue weighted by atomic mass is 10.2. The van der Waals surface area contributed by atoms with Crippen molar-refractivity contribution in [2.24, 2.45) is 0 Å². The zero-order valence-electron chi connectivity index (χ0n) is 11.3. The molecule has 0 aliphatic carbocycles. The highest BCUT2D eigenvalue weighted by molar-refractivity contribution is 6.16. The summed E-state index contributed by atoms with van der Waals surface area (Å²) in [5.74, 6) is 1.44. The smallest absolute Gasteiger partial charge is 0.124 e. The van der Waals surface area contributed by atoms with E-state index in [4.69, 9.17) is 11.6 Å². The Morgan fingerprint density at radius 3 is 2.78 bits per heavy atom. The molecule has 0 unspecified atom stereocenters. The van der Waals surface area contributed by atoms with Crippen molar-refractivity contribution < 1.29 is 0 Å². The predicted molar refractivity (Wildman–Crippen MR) is 77.2 cm³/mol. The van der Waals surface area contributed by atoms with Crippen molar-refractivity contribution in [2.75, 3.05) is 20.6 Å². The van der Waals surface area contributed by atoms with Crippen LogP contribution in [0.5, 0.6) is 0 Å². The summed E-state index contributed by atoms with van der Waals surface area (Å²) >= 11 is 5.99. The number of rotatable bonds is 5. The number of aryl methyl sites for hydroxylation is 2. The highest BCUT2D eigenvalue weighted by Crippen LogP contribution is 2.19. The van der Waals surface area contributed by atoms with E-state index in [1.807, 2.05) is 0 Å². The zero-order chi connectivity index (χ0) is 13.1. The van der Waals surface area contributed by atoms with E-state index in [0.717, 1.165) is 30.9 Å². The monoisotopic (exact) mass is 265 g/mol. The van der Waals surface area contributed by atoms with Gasteiger partial charge >= 0.3 is 0 Å². The number of alkyl halides is 1. The Morgan fingerprint density at radius 2 is 2.11 bits per heavy atom. The van der Waals surface area contributed by atoms with E-state index >= 15 is 0 Å². The maximum atomic E-state index is 5.99. The van der Waals surface area contributed by atoms with Crippen molar-refractivity contribution in [3.05, 3.63) is 29.6 Å². The van der Waals surface area contributed by atoms with Crippen molar-refractivity contribution in [1.82, 2.24) is 14.5 Å². The summed E-state index contributed by atoms with van der Waals surface area (Å²) < 4.78 is 2.24. The lowest BCUT2D eigenvalue weighted by Crippen LogP contribution is -2.15. The molecule has 0 fully saturated rings. The fraction of sp³-hybridized carbons (Fsp3) is 0.500. The van der Waals surface area contributed by atoms with Gasteiger partial charge in [0.15, 0.2) is 0 Å². The fourth-order valence-corrected chi connectivity index (χ4v) is 2.39. The number of fused-ring (bicyclic) bond motifs is 1. The van der Waals surface area contributed by atoms with Crippen molar-refractivity contribution in [3.8, 4) is 0 Å². The van der Waals surface area contributed by atoms with Crippen LogP contribution in [0.1, 0.15) is 17.8 Å². The van der Waals surface area contributed by atoms with Crippen LogP contribution >= 0.6 is 11.6 Å². The third-order valence-electron chi connectivity index (χ3n) is 3.09. The van der Waals surface area contributed by atoms with Gasteiger partial charge in [-0.3, -0.25) is 0 Å². The molecule has 0 bridgehead atoms. The minimum Gasteiger partial charge on any atom is -0.327 e. The molecule has 2 aromatic rings. The van der Waals surface area contributed by atoms with E-state index in [2.05, 4.69) is 53.7 Å². The molecule has 0 radical (unpaired) electrons. The maximum Gasteiger partial charge on any atom is 0.124 e. The van der Waals surface area contributed by atoms with Gasteiger partial charge in [0.05, 0.1) is 16.9 Å². The number of imidazole rings is 1. The molecule has 0 N–H and O–H groups in total. The first-order chi connectivity index (χ1) is 8.61. The minimum absolute atomic E-state index is 0.468. The van der Waals surface area contributed by atoms with Gasteiger partial charge in [0, 0.05) is 6.54 Å². The Kier molecular flexibility index (Phi) is 4.25. The van der Waals surface area contributed by atoms with Crippen LogP contribution in [0, 0.1) is 6.92 Å². The first kappa shape index (κ1) is 13.4. The highest BCUT2D eigenvalue weighted by Gasteiger charge is 2.09. The number of aromatic nitrogens is 2. The van der Waals surface area contributed by atoms with Crippen molar-refractivity contribution in [3.63, 3.8) is 0 Å². The quantitative estimate of drug-likeness (QED) is 0.775. The SMILES string of the molecule is Cc1ccc2c(c1)nc(CCl)n2CCCN(C)C. The van der Waals surface area contributed by atoms with Crippen LogP contribution in [-0.4, -0.2) is 35.1 Å². The molecule has 1 aromatic carbocycles. The molecule has 0 spiro atoms. The molecule has 4 heteroatoms. The fourth-order valence-electron chi connectivity index (χ4n) is 2.19. The minimum atomic E-state index is 0.468. The van der Waals surface area contributed by atoms with Crippen LogP contribution in [0.4, 0.5) is 0 Å². The van der Waals surface area contributed by atoms with Gasteiger partial charge in [-0.05, 0) is 51.7 Å². The Hall–Kier alpha value is -1.06. The van der Waals surface area contributed by atoms with Crippen LogP contribution in [0.3, 0.4) is 0 Å². The molecular weight excluding hydrogens is 246 g/mol. The summed E-state index contributed by atoms with van der Waals surface area (Å²) in [5, 5.41) is 0. The summed E-state index contributed by atoms with van der Waals surface area (Å²) in [6.07, 6.45) is 1.11. The summed E-state index contributed by atoms with van der Waals surface area (Å²) in [4.78, 5) is 6.81. The van der Waals surface area contributed by atoms with Gasteiger partial charge in [-0.1, -0.05) is 6.07 Å². The van der Waals surface area contributed by atoms with Crippen LogP contribution in [0.25, 0.3) is 11.0 Å². The van der Waals surface area contributed by atoms with E-state index in [1.165, 1.54) is 11.1 Å². The van der Waals surface area contributed by atoms with Crippen LogP contribution in [0.15, 0.2) is 18.2 Å². The lowest BCUT2D eigenvalue weighted by Gasteiger charge is -2.11. The molecule has 0 saturated heterocycles. The first-order valence-corrected chi connectivity index (χ1v) is 6.81. The Bertz CT molecular complexity index is 531. The molecule has 18 heavy (non-hydrogen) atoms. The van der Waals surface area contributed by atoms with Gasteiger partial charge in [-0.25, -0.2) is 4.98 Å². The van der Waals surface area contributed by atoms with Gasteiger partial charge in [0.25, 0.3) is 0 Å². The molecule has 3 nitrogen and oxygen atoms in total. The highest BCUT2D eigenvalue weighted by atomic mass is 35.5. The van der Waals surface area contributed by atoms with E-state index in [0.29, 0.717) is 5.88 Å². The number of halogens is 1. The zero-order valence-corrected chi connectivity index (χ0v) is 12.0. The average Bonchev–Trinajstić information content (AvgIpc) is 2.66. The van der Waals surface area contributed by atoms with Gasteiger partial charge < -0.3 is 9.47 Å². The van der Waals surface area contributed by atoms with Gasteiger partial charge in [-0.2, -0.15) is 0 Å². The average molecular weight is 266 g/mol. The lowest BCUT2D eigenvalue weighted by molar-refractivity contribution is 0.386. The summed E-state index contributed by atoms with van der Waals surface area (Å²) in [6, 6.07) is 6.39. The van der Waals surface area contributed by atoms with Crippen molar-refractivity contribution in [2.45, 2.75) is 25.8 Å². The molecule has 0 atom stereocenters. The molecule has 98 valence electrons. The van der Waals surface area contributed by atoms with Gasteiger partial charge in [0.1, 0.15) is 5.82 Å². The van der Waals surface area contributed by atoms with Crippen LogP contribution < -0.4 is 0 Å². The van der Waals surface area contributed by atoms with Crippen molar-refractivity contribution >= 4 is 22.6 Å². The third-order valence-corrected chi connectivity index (χ3v) is 3.33. The number of hydrogen-bond donors (Lipinski definition) is 0. The molecule has 0 amide bonds. The molecular formula is C14H20ClN3. The summed E-state index contributed by atoms with van der Waals surface area (Å²) in [7, 11) is 4.19. The second-order valence-electron chi connectivity index (χ2n) is 4.96. The van der Waals surface area contributed by atoms with Gasteiger partial charge in [-0.15, -0.1) is 11.6 Å². The topological polar surface area (TPSA) is 21.1 Å². The number of hydrogen-bond acceptors (Lipinski definition) is 2. The number of nitrogens with zero attached hydrogens (tertiary/aromatic N) is 3. The molecule has 2 rings (SSSR count). The molecule has 1 heterocycles. The normalized spacial score (nSPS) is 11.6. The standard InChI is InChI=1S/C14H20ClN3/c1-11-5-6-13-12(9-11)16-14(10-15)18(13)8-4-7-17(2)3/h5-6,9H,4,7-8,10H2,1-3H3. The Labute approximate surface area is 113 Å². The van der Waals surface area contributed by atoms with E-state index in [1.54, 1.807) is 0 Å². The Morgan fingerprint density at radius 1 is 1.33 bits per heavy atom. The van der Waals surface area contributed by atoms with Gasteiger partial charge in [0.2, 0.25) is 0 Å². The molecule has 0 saturated carbocycles. The van der Waals surface area contributed by atoms with E-state index < -0.39 is 0 Å². The second kappa shape index (κ2) is 5.72. The second-order valence-corrected chi connectivity index (χ2v) is 5.23. The summed E-state index contributed by atoms with van der Waals surface area (Å²) in [5.41, 5.74) is 3.48. The first-order valence-electron chi connectivity index (χ1n) is 6.28. The van der Waals surface area contributed by atoms with E-state index in [-0.39, 0.29) is 0 Å². The van der Waals surface area contributed by atoms with Crippen LogP contribution in [0.2, 0.25) is 0 Å². The molecule has 0 aliphatic rings. The molecule has 1 aromatic heterocycles. The van der Waals surface area contributed by atoms with Crippen molar-refractivity contribution in [1.29, 1.82) is 0 Å².